The molecule has 0 unspecified atom stereocenters. The first kappa shape index (κ1) is 16.3. The number of amides is 2. The molecule has 0 spiro atoms. The number of nitrogens with one attached hydrogen (secondary N) is 2. The van der Waals surface area contributed by atoms with Crippen LogP contribution in [0.5, 0.6) is 17.2 Å². The van der Waals surface area contributed by atoms with Crippen LogP contribution >= 0.6 is 0 Å². The normalized spacial score (nSPS) is 11.1. The molecule has 0 heterocycles. The predicted octanol–water partition coefficient (Wildman–Crippen LogP) is 3.47. The number of benzene rings is 2. The summed E-state index contributed by atoms with van der Waals surface area (Å²) in [5.41, 5.74) is -1.08. The smallest absolute Gasteiger partial charge is 0.416 e. The monoisotopic (exact) mass is 328 g/mol. The van der Waals surface area contributed by atoms with Crippen molar-refractivity contribution >= 4 is 17.4 Å². The van der Waals surface area contributed by atoms with E-state index in [-0.39, 0.29) is 11.4 Å². The van der Waals surface area contributed by atoms with Crippen LogP contribution < -0.4 is 10.6 Å². The molecule has 0 aliphatic rings. The summed E-state index contributed by atoms with van der Waals surface area (Å²) >= 11 is 0. The molecular formula is C14H11F3N2O4. The van der Waals surface area contributed by atoms with Crippen LogP contribution in [0.15, 0.2) is 36.4 Å². The minimum Gasteiger partial charge on any atom is -0.504 e. The standard InChI is InChI=1S/C14H11F3N2O4/c15-14(16,17)7-2-1-3-8(4-7)18-13(23)19-9-5-10(20)12(22)11(21)6-9/h1-6,20-22H,(H2,18,19,23). The maximum Gasteiger partial charge on any atom is 0.416 e. The highest BCUT2D eigenvalue weighted by Crippen LogP contribution is 2.37. The average Bonchev–Trinajstić information content (AvgIpc) is 2.44. The third kappa shape index (κ3) is 3.96. The number of phenolic OH excluding ortho intramolecular Hbond substituents is 3. The van der Waals surface area contributed by atoms with E-state index in [2.05, 4.69) is 10.6 Å². The van der Waals surface area contributed by atoms with Crippen LogP contribution in [0.2, 0.25) is 0 Å². The van der Waals surface area contributed by atoms with Crippen LogP contribution in [0.1, 0.15) is 5.56 Å². The Hall–Kier alpha value is -3.10. The molecule has 0 fully saturated rings. The molecule has 122 valence electrons. The van der Waals surface area contributed by atoms with Crippen LogP contribution in [0.3, 0.4) is 0 Å². The molecule has 5 N–H and O–H groups in total. The van der Waals surface area contributed by atoms with Gasteiger partial charge in [0.05, 0.1) is 11.3 Å². The van der Waals surface area contributed by atoms with Gasteiger partial charge < -0.3 is 26.0 Å². The van der Waals surface area contributed by atoms with Gasteiger partial charge in [0.15, 0.2) is 17.2 Å². The Morgan fingerprint density at radius 1 is 0.913 bits per heavy atom. The number of urea groups is 1. The largest absolute Gasteiger partial charge is 0.504 e. The number of rotatable bonds is 2. The molecule has 2 rings (SSSR count). The number of alkyl halides is 3. The quantitative estimate of drug-likeness (QED) is 0.430. The third-order valence-corrected chi connectivity index (χ3v) is 2.78. The Bertz CT molecular complexity index is 724. The van der Waals surface area contributed by atoms with Crippen LogP contribution in [0.25, 0.3) is 0 Å². The summed E-state index contributed by atoms with van der Waals surface area (Å²) in [5, 5.41) is 32.2. The average molecular weight is 328 g/mol. The molecule has 0 aliphatic carbocycles. The van der Waals surface area contributed by atoms with Crippen molar-refractivity contribution in [1.29, 1.82) is 0 Å². The molecule has 9 heteroatoms. The molecule has 0 aliphatic heterocycles. The first-order chi connectivity index (χ1) is 10.7. The van der Waals surface area contributed by atoms with E-state index in [9.17, 15) is 33.3 Å². The second-order valence-electron chi connectivity index (χ2n) is 4.52. The molecule has 0 saturated heterocycles. The van der Waals surface area contributed by atoms with Gasteiger partial charge in [-0.2, -0.15) is 13.2 Å². The first-order valence-electron chi connectivity index (χ1n) is 6.17. The first-order valence-corrected chi connectivity index (χ1v) is 6.17. The van der Waals surface area contributed by atoms with E-state index in [1.807, 2.05) is 0 Å². The Labute approximate surface area is 127 Å². The van der Waals surface area contributed by atoms with Crippen molar-refractivity contribution in [2.75, 3.05) is 10.6 Å². The summed E-state index contributed by atoms with van der Waals surface area (Å²) in [5.74, 6) is -2.09. The summed E-state index contributed by atoms with van der Waals surface area (Å²) in [7, 11) is 0. The molecule has 0 aromatic heterocycles. The maximum atomic E-state index is 12.6. The molecule has 0 bridgehead atoms. The number of carbonyl (C=O) groups excluding carboxylic acids is 1. The molecular weight excluding hydrogens is 317 g/mol. The van der Waals surface area contributed by atoms with E-state index < -0.39 is 35.0 Å². The van der Waals surface area contributed by atoms with Crippen molar-refractivity contribution in [3.05, 3.63) is 42.0 Å². The SMILES string of the molecule is O=C(Nc1cccc(C(F)(F)F)c1)Nc1cc(O)c(O)c(O)c1. The lowest BCUT2D eigenvalue weighted by Gasteiger charge is -2.11. The van der Waals surface area contributed by atoms with Crippen LogP contribution in [0, 0.1) is 0 Å². The summed E-state index contributed by atoms with van der Waals surface area (Å²) in [6.07, 6.45) is -4.54. The molecule has 0 saturated carbocycles. The van der Waals surface area contributed by atoms with Gasteiger partial charge in [-0.05, 0) is 18.2 Å². The highest BCUT2D eigenvalue weighted by Gasteiger charge is 2.30. The minimum atomic E-state index is -4.54. The fourth-order valence-corrected chi connectivity index (χ4v) is 1.74. The third-order valence-electron chi connectivity index (χ3n) is 2.78. The van der Waals surface area contributed by atoms with Crippen molar-refractivity contribution < 1.29 is 33.3 Å². The number of carbonyl (C=O) groups is 1. The lowest BCUT2D eigenvalue weighted by atomic mass is 10.2. The van der Waals surface area contributed by atoms with Gasteiger partial charge in [-0.1, -0.05) is 6.07 Å². The van der Waals surface area contributed by atoms with E-state index in [4.69, 9.17) is 0 Å². The van der Waals surface area contributed by atoms with Gasteiger partial charge in [0.1, 0.15) is 0 Å². The van der Waals surface area contributed by atoms with Gasteiger partial charge in [0, 0.05) is 17.8 Å². The van der Waals surface area contributed by atoms with E-state index in [1.165, 1.54) is 6.07 Å². The number of halogens is 3. The lowest BCUT2D eigenvalue weighted by molar-refractivity contribution is -0.137. The van der Waals surface area contributed by atoms with Crippen LogP contribution in [-0.2, 0) is 6.18 Å². The number of hydrogen-bond acceptors (Lipinski definition) is 4. The predicted molar refractivity (Wildman–Crippen MR) is 75.5 cm³/mol. The summed E-state index contributed by atoms with van der Waals surface area (Å²) in [6.45, 7) is 0. The molecule has 0 atom stereocenters. The summed E-state index contributed by atoms with van der Waals surface area (Å²) in [4.78, 5) is 11.7. The van der Waals surface area contributed by atoms with Crippen molar-refractivity contribution in [3.63, 3.8) is 0 Å². The van der Waals surface area contributed by atoms with Crippen LogP contribution in [0.4, 0.5) is 29.3 Å². The summed E-state index contributed by atoms with van der Waals surface area (Å²) in [6, 6.07) is 5.04. The Kier molecular flexibility index (Phi) is 4.21. The summed E-state index contributed by atoms with van der Waals surface area (Å²) < 4.78 is 37.7. The molecule has 23 heavy (non-hydrogen) atoms. The van der Waals surface area contributed by atoms with Crippen molar-refractivity contribution in [2.24, 2.45) is 0 Å². The molecule has 6 nitrogen and oxygen atoms in total. The second kappa shape index (κ2) is 5.95. The highest BCUT2D eigenvalue weighted by atomic mass is 19.4. The van der Waals surface area contributed by atoms with Gasteiger partial charge in [0.25, 0.3) is 0 Å². The zero-order chi connectivity index (χ0) is 17.2. The minimum absolute atomic E-state index is 0.0673. The number of anilines is 2. The van der Waals surface area contributed by atoms with E-state index in [1.54, 1.807) is 0 Å². The Balaban J connectivity index is 2.11. The van der Waals surface area contributed by atoms with Crippen molar-refractivity contribution in [2.45, 2.75) is 6.18 Å². The number of aromatic hydroxyl groups is 3. The van der Waals surface area contributed by atoms with Gasteiger partial charge in [-0.3, -0.25) is 0 Å². The van der Waals surface area contributed by atoms with Gasteiger partial charge in [-0.15, -0.1) is 0 Å². The lowest BCUT2D eigenvalue weighted by Crippen LogP contribution is -2.19. The van der Waals surface area contributed by atoms with Crippen LogP contribution in [-0.4, -0.2) is 21.4 Å². The second-order valence-corrected chi connectivity index (χ2v) is 4.52. The maximum absolute atomic E-state index is 12.6. The van der Waals surface area contributed by atoms with Gasteiger partial charge >= 0.3 is 12.2 Å². The molecule has 2 aromatic rings. The molecule has 0 radical (unpaired) electrons. The zero-order valence-electron chi connectivity index (χ0n) is 11.3. The van der Waals surface area contributed by atoms with E-state index >= 15 is 0 Å². The topological polar surface area (TPSA) is 102 Å². The van der Waals surface area contributed by atoms with E-state index in [0.29, 0.717) is 0 Å². The molecule has 2 aromatic carbocycles. The van der Waals surface area contributed by atoms with Crippen molar-refractivity contribution in [1.82, 2.24) is 0 Å². The number of hydrogen-bond donors (Lipinski definition) is 5. The number of phenols is 3. The fraction of sp³-hybridized carbons (Fsp3) is 0.0714. The Morgan fingerprint density at radius 2 is 1.48 bits per heavy atom. The van der Waals surface area contributed by atoms with Gasteiger partial charge in [0.2, 0.25) is 0 Å². The fourth-order valence-electron chi connectivity index (χ4n) is 1.74. The Morgan fingerprint density at radius 3 is 2.04 bits per heavy atom. The molecule has 2 amide bonds. The highest BCUT2D eigenvalue weighted by molar-refractivity contribution is 6.00. The van der Waals surface area contributed by atoms with Crippen molar-refractivity contribution in [3.8, 4) is 17.2 Å². The van der Waals surface area contributed by atoms with Gasteiger partial charge in [-0.25, -0.2) is 4.79 Å². The zero-order valence-corrected chi connectivity index (χ0v) is 11.3. The van der Waals surface area contributed by atoms with E-state index in [0.717, 1.165) is 30.3 Å².